The van der Waals surface area contributed by atoms with Gasteiger partial charge in [0.15, 0.2) is 5.69 Å². The summed E-state index contributed by atoms with van der Waals surface area (Å²) in [5, 5.41) is 7.27. The Hall–Kier alpha value is -2.63. The average Bonchev–Trinajstić information content (AvgIpc) is 2.91. The maximum atomic E-state index is 13.8. The van der Waals surface area contributed by atoms with E-state index in [0.717, 1.165) is 0 Å². The zero-order valence-corrected chi connectivity index (χ0v) is 12.4. The van der Waals surface area contributed by atoms with Crippen LogP contribution in [0.2, 0.25) is 0 Å². The maximum absolute atomic E-state index is 13.8. The van der Waals surface area contributed by atoms with Gasteiger partial charge in [0.25, 0.3) is 0 Å². The molecule has 1 aromatic heterocycles. The van der Waals surface area contributed by atoms with Gasteiger partial charge in [-0.3, -0.25) is 0 Å². The number of esters is 1. The van der Waals surface area contributed by atoms with E-state index >= 15 is 0 Å². The quantitative estimate of drug-likeness (QED) is 0.631. The first kappa shape index (κ1) is 15.8. The molecule has 0 fully saturated rings. The van der Waals surface area contributed by atoms with Crippen LogP contribution in [-0.4, -0.2) is 28.9 Å². The molecule has 0 aliphatic heterocycles. The number of carbonyl (C=O) groups excluding carboxylic acids is 1. The lowest BCUT2D eigenvalue weighted by Crippen LogP contribution is -2.11. The smallest absolute Gasteiger partial charge is 0.358 e. The van der Waals surface area contributed by atoms with Gasteiger partial charge in [-0.2, -0.15) is 5.10 Å². The van der Waals surface area contributed by atoms with Crippen LogP contribution in [0.4, 0.5) is 10.2 Å². The lowest BCUT2D eigenvalue weighted by Gasteiger charge is -2.09. The molecule has 0 saturated heterocycles. The molecule has 1 aromatic carbocycles. The van der Waals surface area contributed by atoms with Crippen LogP contribution in [0, 0.1) is 5.82 Å². The molecule has 0 bridgehead atoms. The van der Waals surface area contributed by atoms with Crippen molar-refractivity contribution in [1.82, 2.24) is 9.78 Å². The van der Waals surface area contributed by atoms with Crippen molar-refractivity contribution in [3.05, 3.63) is 60.1 Å². The first-order valence-electron chi connectivity index (χ1n) is 6.98. The largest absolute Gasteiger partial charge is 0.461 e. The summed E-state index contributed by atoms with van der Waals surface area (Å²) in [6.07, 6.45) is 1.68. The molecule has 1 heterocycles. The number of aromatic nitrogens is 2. The Balaban J connectivity index is 2.29. The highest BCUT2D eigenvalue weighted by Gasteiger charge is 2.16. The van der Waals surface area contributed by atoms with Crippen molar-refractivity contribution >= 4 is 11.8 Å². The molecule has 6 heteroatoms. The lowest BCUT2D eigenvalue weighted by molar-refractivity contribution is 0.0518. The van der Waals surface area contributed by atoms with Gasteiger partial charge in [-0.1, -0.05) is 24.3 Å². The summed E-state index contributed by atoms with van der Waals surface area (Å²) in [5.74, 6) is -0.215. The summed E-state index contributed by atoms with van der Waals surface area (Å²) in [5.41, 5.74) is 0.674. The van der Waals surface area contributed by atoms with Crippen molar-refractivity contribution in [2.45, 2.75) is 13.5 Å². The van der Waals surface area contributed by atoms with Gasteiger partial charge in [0.1, 0.15) is 11.6 Å². The number of nitrogens with one attached hydrogen (secondary N) is 1. The Morgan fingerprint density at radius 3 is 2.95 bits per heavy atom. The number of ether oxygens (including phenoxy) is 1. The molecule has 22 heavy (non-hydrogen) atoms. The second-order valence-corrected chi connectivity index (χ2v) is 4.55. The van der Waals surface area contributed by atoms with Gasteiger partial charge < -0.3 is 10.1 Å². The van der Waals surface area contributed by atoms with Gasteiger partial charge in [-0.25, -0.2) is 13.9 Å². The molecule has 2 aromatic rings. The second kappa shape index (κ2) is 7.40. The minimum absolute atomic E-state index is 0.185. The van der Waals surface area contributed by atoms with Gasteiger partial charge in [-0.05, 0) is 13.0 Å². The Morgan fingerprint density at radius 1 is 1.50 bits per heavy atom. The number of benzene rings is 1. The van der Waals surface area contributed by atoms with E-state index in [9.17, 15) is 9.18 Å². The van der Waals surface area contributed by atoms with Crippen molar-refractivity contribution in [2.75, 3.05) is 18.5 Å². The standard InChI is InChI=1S/C16H18FN3O2/c1-3-9-18-15-10-14(16(21)22-4-2)19-20(15)11-12-7-5-6-8-13(12)17/h3,5-8,10,18H,1,4,9,11H2,2H3. The molecular weight excluding hydrogens is 285 g/mol. The van der Waals surface area contributed by atoms with E-state index < -0.39 is 5.97 Å². The fourth-order valence-corrected chi connectivity index (χ4v) is 1.95. The van der Waals surface area contributed by atoms with E-state index in [1.165, 1.54) is 10.7 Å². The minimum Gasteiger partial charge on any atom is -0.461 e. The van der Waals surface area contributed by atoms with Crippen LogP contribution in [0.3, 0.4) is 0 Å². The lowest BCUT2D eigenvalue weighted by atomic mass is 10.2. The van der Waals surface area contributed by atoms with Crippen LogP contribution in [-0.2, 0) is 11.3 Å². The van der Waals surface area contributed by atoms with E-state index in [2.05, 4.69) is 17.0 Å². The summed E-state index contributed by atoms with van der Waals surface area (Å²) in [6, 6.07) is 8.04. The van der Waals surface area contributed by atoms with E-state index in [1.54, 1.807) is 37.3 Å². The van der Waals surface area contributed by atoms with E-state index in [0.29, 0.717) is 17.9 Å². The predicted molar refractivity (Wildman–Crippen MR) is 82.4 cm³/mol. The number of anilines is 1. The first-order valence-corrected chi connectivity index (χ1v) is 6.98. The van der Waals surface area contributed by atoms with Crippen LogP contribution in [0.1, 0.15) is 23.0 Å². The third kappa shape index (κ3) is 3.72. The number of hydrogen-bond donors (Lipinski definition) is 1. The number of halogens is 1. The van der Waals surface area contributed by atoms with E-state index in [4.69, 9.17) is 4.74 Å². The van der Waals surface area contributed by atoms with Crippen LogP contribution >= 0.6 is 0 Å². The second-order valence-electron chi connectivity index (χ2n) is 4.55. The number of carbonyl (C=O) groups is 1. The molecule has 0 atom stereocenters. The summed E-state index contributed by atoms with van der Waals surface area (Å²) >= 11 is 0. The topological polar surface area (TPSA) is 56.1 Å². The molecule has 0 amide bonds. The van der Waals surface area contributed by atoms with Crippen LogP contribution in [0.15, 0.2) is 43.0 Å². The van der Waals surface area contributed by atoms with Crippen LogP contribution in [0.25, 0.3) is 0 Å². The van der Waals surface area contributed by atoms with Gasteiger partial charge in [0, 0.05) is 18.2 Å². The van der Waals surface area contributed by atoms with E-state index in [-0.39, 0.29) is 24.7 Å². The van der Waals surface area contributed by atoms with Gasteiger partial charge in [-0.15, -0.1) is 6.58 Å². The van der Waals surface area contributed by atoms with Crippen molar-refractivity contribution in [2.24, 2.45) is 0 Å². The van der Waals surface area contributed by atoms with Crippen molar-refractivity contribution in [1.29, 1.82) is 0 Å². The highest BCUT2D eigenvalue weighted by Crippen LogP contribution is 2.16. The number of hydrogen-bond acceptors (Lipinski definition) is 4. The molecule has 0 unspecified atom stereocenters. The van der Waals surface area contributed by atoms with Crippen molar-refractivity contribution < 1.29 is 13.9 Å². The third-order valence-electron chi connectivity index (χ3n) is 2.97. The highest BCUT2D eigenvalue weighted by molar-refractivity contribution is 5.88. The summed E-state index contributed by atoms with van der Waals surface area (Å²) in [6.45, 7) is 6.35. The minimum atomic E-state index is -0.503. The maximum Gasteiger partial charge on any atom is 0.358 e. The third-order valence-corrected chi connectivity index (χ3v) is 2.97. The SMILES string of the molecule is C=CCNc1cc(C(=O)OCC)nn1Cc1ccccc1F. The Bertz CT molecular complexity index is 667. The van der Waals surface area contributed by atoms with Crippen LogP contribution in [0.5, 0.6) is 0 Å². The normalized spacial score (nSPS) is 10.3. The van der Waals surface area contributed by atoms with Gasteiger partial charge in [0.05, 0.1) is 13.2 Å². The first-order chi connectivity index (χ1) is 10.7. The Kier molecular flexibility index (Phi) is 5.30. The highest BCUT2D eigenvalue weighted by atomic mass is 19.1. The fraction of sp³-hybridized carbons (Fsp3) is 0.250. The summed E-state index contributed by atoms with van der Waals surface area (Å²) < 4.78 is 20.2. The van der Waals surface area contributed by atoms with Crippen molar-refractivity contribution in [3.8, 4) is 0 Å². The molecule has 2 rings (SSSR count). The molecule has 1 N–H and O–H groups in total. The molecule has 5 nitrogen and oxygen atoms in total. The van der Waals surface area contributed by atoms with Crippen molar-refractivity contribution in [3.63, 3.8) is 0 Å². The molecular formula is C16H18FN3O2. The van der Waals surface area contributed by atoms with E-state index in [1.807, 2.05) is 0 Å². The Morgan fingerprint density at radius 2 is 2.27 bits per heavy atom. The molecule has 116 valence electrons. The summed E-state index contributed by atoms with van der Waals surface area (Å²) in [4.78, 5) is 11.8. The zero-order valence-electron chi connectivity index (χ0n) is 12.4. The molecule has 0 spiro atoms. The molecule has 0 aliphatic rings. The molecule has 0 saturated carbocycles. The number of nitrogens with zero attached hydrogens (tertiary/aromatic N) is 2. The number of rotatable bonds is 7. The average molecular weight is 303 g/mol. The van der Waals surface area contributed by atoms with Gasteiger partial charge >= 0.3 is 5.97 Å². The molecule has 0 aliphatic carbocycles. The molecule has 0 radical (unpaired) electrons. The monoisotopic (exact) mass is 303 g/mol. The van der Waals surface area contributed by atoms with Gasteiger partial charge in [0.2, 0.25) is 0 Å². The van der Waals surface area contributed by atoms with Crippen LogP contribution < -0.4 is 5.32 Å². The Labute approximate surface area is 128 Å². The fourth-order valence-electron chi connectivity index (χ4n) is 1.95. The zero-order chi connectivity index (χ0) is 15.9. The predicted octanol–water partition coefficient (Wildman–Crippen LogP) is 2.85. The summed E-state index contributed by atoms with van der Waals surface area (Å²) in [7, 11) is 0.